The number of aliphatic hydroxyl groups excluding tert-OH is 1. The van der Waals surface area contributed by atoms with Crippen LogP contribution in [0.1, 0.15) is 48.0 Å². The Hall–Kier alpha value is -0.810. The van der Waals surface area contributed by atoms with Crippen LogP contribution in [0.15, 0.2) is 0 Å². The fraction of sp³-hybridized carbons (Fsp3) is 0.923. The van der Waals surface area contributed by atoms with E-state index in [2.05, 4.69) is 5.32 Å². The number of rotatable bonds is 5. The summed E-state index contributed by atoms with van der Waals surface area (Å²) in [5.74, 6) is 0. The highest BCUT2D eigenvalue weighted by atomic mass is 16.6. The molecule has 0 fully saturated rings. The number of amides is 1. The largest absolute Gasteiger partial charge is 0.444 e. The van der Waals surface area contributed by atoms with E-state index in [1.807, 2.05) is 41.5 Å². The first-order valence-electron chi connectivity index (χ1n) is 6.29. The van der Waals surface area contributed by atoms with E-state index in [0.29, 0.717) is 13.0 Å². The van der Waals surface area contributed by atoms with Crippen LogP contribution in [0.3, 0.4) is 0 Å². The van der Waals surface area contributed by atoms with E-state index in [4.69, 9.17) is 14.6 Å². The number of alkyl carbamates (subject to hydrolysis) is 1. The summed E-state index contributed by atoms with van der Waals surface area (Å²) in [6.07, 6.45) is -0.210. The Morgan fingerprint density at radius 2 is 1.72 bits per heavy atom. The second-order valence-electron chi connectivity index (χ2n) is 6.25. The third kappa shape index (κ3) is 10.4. The first-order valence-corrected chi connectivity index (χ1v) is 6.29. The van der Waals surface area contributed by atoms with Gasteiger partial charge in [-0.2, -0.15) is 0 Å². The quantitative estimate of drug-likeness (QED) is 0.795. The van der Waals surface area contributed by atoms with Gasteiger partial charge in [0.25, 0.3) is 0 Å². The van der Waals surface area contributed by atoms with Crippen LogP contribution in [-0.2, 0) is 9.47 Å². The molecule has 0 aromatic rings. The van der Waals surface area contributed by atoms with Gasteiger partial charge in [-0.05, 0) is 48.0 Å². The van der Waals surface area contributed by atoms with Crippen LogP contribution in [0.5, 0.6) is 0 Å². The van der Waals surface area contributed by atoms with Crippen molar-refractivity contribution >= 4 is 6.09 Å². The molecule has 0 aliphatic carbocycles. The molecule has 0 saturated heterocycles. The van der Waals surface area contributed by atoms with Crippen molar-refractivity contribution in [1.29, 1.82) is 0 Å². The number of hydrogen-bond donors (Lipinski definition) is 2. The first-order chi connectivity index (χ1) is 8.03. The second kappa shape index (κ2) is 6.95. The molecule has 5 heteroatoms. The SMILES string of the molecule is CC(C)(C)OC(=O)NC[C@H](CCO)OC(C)(C)C. The fourth-order valence-electron chi connectivity index (χ4n) is 1.36. The smallest absolute Gasteiger partial charge is 0.407 e. The Morgan fingerprint density at radius 1 is 1.17 bits per heavy atom. The van der Waals surface area contributed by atoms with Crippen LogP contribution in [0, 0.1) is 0 Å². The molecule has 0 rings (SSSR count). The van der Waals surface area contributed by atoms with Gasteiger partial charge in [0.05, 0.1) is 11.7 Å². The van der Waals surface area contributed by atoms with Crippen molar-refractivity contribution in [1.82, 2.24) is 5.32 Å². The molecule has 1 atom stereocenters. The number of carbonyl (C=O) groups excluding carboxylic acids is 1. The molecule has 0 aliphatic rings. The molecule has 0 aromatic carbocycles. The third-order valence-electron chi connectivity index (χ3n) is 1.84. The van der Waals surface area contributed by atoms with Gasteiger partial charge in [0.1, 0.15) is 5.60 Å². The molecule has 0 heterocycles. The van der Waals surface area contributed by atoms with Gasteiger partial charge < -0.3 is 19.9 Å². The molecule has 0 aromatic heterocycles. The summed E-state index contributed by atoms with van der Waals surface area (Å²) in [6.45, 7) is 11.6. The molecule has 1 amide bonds. The van der Waals surface area contributed by atoms with Crippen molar-refractivity contribution in [2.45, 2.75) is 65.3 Å². The van der Waals surface area contributed by atoms with E-state index in [1.165, 1.54) is 0 Å². The molecule has 0 bridgehead atoms. The maximum Gasteiger partial charge on any atom is 0.407 e. The van der Waals surface area contributed by atoms with Crippen LogP contribution >= 0.6 is 0 Å². The lowest BCUT2D eigenvalue weighted by atomic mass is 10.1. The van der Waals surface area contributed by atoms with Gasteiger partial charge in [-0.1, -0.05) is 0 Å². The zero-order chi connectivity index (χ0) is 14.4. The van der Waals surface area contributed by atoms with E-state index in [-0.39, 0.29) is 18.3 Å². The molecule has 108 valence electrons. The molecule has 2 N–H and O–H groups in total. The maximum absolute atomic E-state index is 11.5. The maximum atomic E-state index is 11.5. The minimum absolute atomic E-state index is 0.0245. The van der Waals surface area contributed by atoms with Crippen molar-refractivity contribution < 1.29 is 19.4 Å². The molecule has 18 heavy (non-hydrogen) atoms. The van der Waals surface area contributed by atoms with Crippen molar-refractivity contribution in [3.05, 3.63) is 0 Å². The predicted molar refractivity (Wildman–Crippen MR) is 70.6 cm³/mol. The molecule has 0 radical (unpaired) electrons. The topological polar surface area (TPSA) is 67.8 Å². The Bertz CT molecular complexity index is 253. The normalized spacial score (nSPS) is 14.2. The van der Waals surface area contributed by atoms with Gasteiger partial charge in [0, 0.05) is 13.2 Å². The van der Waals surface area contributed by atoms with E-state index in [1.54, 1.807) is 0 Å². The summed E-state index contributed by atoms with van der Waals surface area (Å²) in [4.78, 5) is 11.5. The lowest BCUT2D eigenvalue weighted by Gasteiger charge is -2.28. The van der Waals surface area contributed by atoms with Crippen LogP contribution in [0.25, 0.3) is 0 Å². The summed E-state index contributed by atoms with van der Waals surface area (Å²) >= 11 is 0. The highest BCUT2D eigenvalue weighted by molar-refractivity contribution is 5.67. The van der Waals surface area contributed by atoms with Crippen molar-refractivity contribution in [3.8, 4) is 0 Å². The number of ether oxygens (including phenoxy) is 2. The van der Waals surface area contributed by atoms with E-state index < -0.39 is 11.7 Å². The van der Waals surface area contributed by atoms with E-state index >= 15 is 0 Å². The summed E-state index contributed by atoms with van der Waals surface area (Å²) in [7, 11) is 0. The van der Waals surface area contributed by atoms with Gasteiger partial charge in [-0.3, -0.25) is 0 Å². The minimum atomic E-state index is -0.512. The average Bonchev–Trinajstić information content (AvgIpc) is 2.09. The lowest BCUT2D eigenvalue weighted by Crippen LogP contribution is -2.40. The summed E-state index contributed by atoms with van der Waals surface area (Å²) in [5.41, 5.74) is -0.823. The Morgan fingerprint density at radius 3 is 2.11 bits per heavy atom. The molecular formula is C13H27NO4. The zero-order valence-electron chi connectivity index (χ0n) is 12.4. The number of aliphatic hydroxyl groups is 1. The molecule has 0 aliphatic heterocycles. The van der Waals surface area contributed by atoms with Crippen LogP contribution in [0.2, 0.25) is 0 Å². The van der Waals surface area contributed by atoms with Gasteiger partial charge in [-0.25, -0.2) is 4.79 Å². The minimum Gasteiger partial charge on any atom is -0.444 e. The average molecular weight is 261 g/mol. The van der Waals surface area contributed by atoms with Gasteiger partial charge in [0.15, 0.2) is 0 Å². The fourth-order valence-corrected chi connectivity index (χ4v) is 1.36. The van der Waals surface area contributed by atoms with Crippen LogP contribution < -0.4 is 5.32 Å². The molecular weight excluding hydrogens is 234 g/mol. The van der Waals surface area contributed by atoms with E-state index in [0.717, 1.165) is 0 Å². The van der Waals surface area contributed by atoms with Crippen LogP contribution in [0.4, 0.5) is 4.79 Å². The third-order valence-corrected chi connectivity index (χ3v) is 1.84. The zero-order valence-corrected chi connectivity index (χ0v) is 12.4. The Labute approximate surface area is 110 Å². The molecule has 0 saturated carbocycles. The summed E-state index contributed by atoms with van der Waals surface area (Å²) < 4.78 is 10.9. The monoisotopic (exact) mass is 261 g/mol. The number of nitrogens with one attached hydrogen (secondary N) is 1. The predicted octanol–water partition coefficient (Wildman–Crippen LogP) is 2.08. The number of hydrogen-bond acceptors (Lipinski definition) is 4. The Kier molecular flexibility index (Phi) is 6.63. The van der Waals surface area contributed by atoms with Gasteiger partial charge in [0.2, 0.25) is 0 Å². The molecule has 5 nitrogen and oxygen atoms in total. The van der Waals surface area contributed by atoms with Crippen molar-refractivity contribution in [2.24, 2.45) is 0 Å². The second-order valence-corrected chi connectivity index (χ2v) is 6.25. The van der Waals surface area contributed by atoms with Gasteiger partial charge >= 0.3 is 6.09 Å². The highest BCUT2D eigenvalue weighted by Crippen LogP contribution is 2.13. The van der Waals surface area contributed by atoms with Crippen molar-refractivity contribution in [2.75, 3.05) is 13.2 Å². The highest BCUT2D eigenvalue weighted by Gasteiger charge is 2.21. The summed E-state index contributed by atoms with van der Waals surface area (Å²) in [6, 6.07) is 0. The summed E-state index contributed by atoms with van der Waals surface area (Å²) in [5, 5.41) is 11.6. The van der Waals surface area contributed by atoms with E-state index in [9.17, 15) is 4.79 Å². The molecule has 0 unspecified atom stereocenters. The number of carbonyl (C=O) groups is 1. The van der Waals surface area contributed by atoms with Crippen molar-refractivity contribution in [3.63, 3.8) is 0 Å². The first kappa shape index (κ1) is 17.2. The van der Waals surface area contributed by atoms with Crippen LogP contribution in [-0.4, -0.2) is 41.7 Å². The van der Waals surface area contributed by atoms with Gasteiger partial charge in [-0.15, -0.1) is 0 Å². The molecule has 0 spiro atoms. The standard InChI is InChI=1S/C13H27NO4/c1-12(2,3)17-10(7-8-15)9-14-11(16)18-13(4,5)6/h10,15H,7-9H2,1-6H3,(H,14,16)/t10-/m0/s1. The Balaban J connectivity index is 4.15. The lowest BCUT2D eigenvalue weighted by molar-refractivity contribution is -0.0667.